The topological polar surface area (TPSA) is 44.3 Å². The number of rotatable bonds is 5. The molecule has 3 aromatic rings. The van der Waals surface area contributed by atoms with Crippen LogP contribution < -0.4 is 9.62 Å². The van der Waals surface area contributed by atoms with Crippen molar-refractivity contribution in [2.75, 3.05) is 42.8 Å². The third-order valence-corrected chi connectivity index (χ3v) is 6.11. The molecule has 1 saturated heterocycles. The summed E-state index contributed by atoms with van der Waals surface area (Å²) in [6, 6.07) is 16.7. The summed E-state index contributed by atoms with van der Waals surface area (Å²) in [5.41, 5.74) is 4.51. The van der Waals surface area contributed by atoms with Crippen molar-refractivity contribution < 1.29 is 0 Å². The quantitative estimate of drug-likeness (QED) is 0.624. The van der Waals surface area contributed by atoms with Crippen LogP contribution in [0.3, 0.4) is 0 Å². The average molecular weight is 406 g/mol. The minimum absolute atomic E-state index is 0.823. The lowest BCUT2D eigenvalue weighted by molar-refractivity contribution is 0.312. The van der Waals surface area contributed by atoms with Crippen molar-refractivity contribution in [1.82, 2.24) is 14.9 Å². The van der Waals surface area contributed by atoms with Crippen molar-refractivity contribution in [2.24, 2.45) is 0 Å². The van der Waals surface area contributed by atoms with Crippen LogP contribution in [0, 0.1) is 13.8 Å². The van der Waals surface area contributed by atoms with E-state index in [1.165, 1.54) is 11.1 Å². The van der Waals surface area contributed by atoms with Gasteiger partial charge in [-0.3, -0.25) is 0 Å². The summed E-state index contributed by atoms with van der Waals surface area (Å²) in [6.07, 6.45) is 1.92. The number of hydrogen-bond donors (Lipinski definition) is 1. The molecule has 1 N–H and O–H groups in total. The first-order valence-electron chi connectivity index (χ1n) is 9.97. The number of nitrogens with one attached hydrogen (secondary N) is 1. The highest BCUT2D eigenvalue weighted by atomic mass is 32.2. The van der Waals surface area contributed by atoms with Crippen LogP contribution in [0.1, 0.15) is 11.1 Å². The van der Waals surface area contributed by atoms with Gasteiger partial charge in [0.25, 0.3) is 0 Å². The van der Waals surface area contributed by atoms with E-state index in [4.69, 9.17) is 9.97 Å². The largest absolute Gasteiger partial charge is 0.351 e. The number of likely N-dealkylation sites (N-methyl/N-ethyl adjacent to an activating group) is 1. The van der Waals surface area contributed by atoms with Crippen molar-refractivity contribution in [2.45, 2.75) is 18.7 Å². The molecule has 0 amide bonds. The van der Waals surface area contributed by atoms with Crippen LogP contribution in [0.5, 0.6) is 0 Å². The van der Waals surface area contributed by atoms with Crippen LogP contribution >= 0.6 is 11.9 Å². The molecular weight excluding hydrogens is 378 g/mol. The minimum atomic E-state index is 0.823. The van der Waals surface area contributed by atoms with E-state index in [1.807, 2.05) is 24.4 Å². The van der Waals surface area contributed by atoms with Crippen molar-refractivity contribution in [3.05, 3.63) is 65.9 Å². The van der Waals surface area contributed by atoms with Crippen molar-refractivity contribution in [3.8, 4) is 11.3 Å². The Balaban J connectivity index is 1.69. The Morgan fingerprint density at radius 3 is 2.28 bits per heavy atom. The molecule has 0 radical (unpaired) electrons. The zero-order valence-corrected chi connectivity index (χ0v) is 18.0. The fourth-order valence-electron chi connectivity index (χ4n) is 3.64. The van der Waals surface area contributed by atoms with E-state index in [1.54, 1.807) is 11.9 Å². The molecule has 0 spiro atoms. The maximum absolute atomic E-state index is 5.02. The van der Waals surface area contributed by atoms with Crippen LogP contribution in [0.25, 0.3) is 11.3 Å². The van der Waals surface area contributed by atoms with E-state index in [-0.39, 0.29) is 0 Å². The summed E-state index contributed by atoms with van der Waals surface area (Å²) < 4.78 is 3.47. The van der Waals surface area contributed by atoms with E-state index in [9.17, 15) is 0 Å². The summed E-state index contributed by atoms with van der Waals surface area (Å²) in [5, 5.41) is 0. The van der Waals surface area contributed by atoms with E-state index >= 15 is 0 Å². The zero-order chi connectivity index (χ0) is 20.2. The summed E-state index contributed by atoms with van der Waals surface area (Å²) in [6.45, 7) is 8.24. The van der Waals surface area contributed by atoms with Gasteiger partial charge < -0.3 is 14.5 Å². The third kappa shape index (κ3) is 4.54. The second-order valence-electron chi connectivity index (χ2n) is 7.50. The Bertz CT molecular complexity index is 948. The minimum Gasteiger partial charge on any atom is -0.351 e. The number of piperazine rings is 1. The highest BCUT2D eigenvalue weighted by Gasteiger charge is 2.21. The van der Waals surface area contributed by atoms with Crippen molar-refractivity contribution >= 4 is 23.6 Å². The van der Waals surface area contributed by atoms with Crippen molar-refractivity contribution in [3.63, 3.8) is 0 Å². The number of aryl methyl sites for hydroxylation is 2. The van der Waals surface area contributed by atoms with Crippen LogP contribution in [0.15, 0.2) is 59.6 Å². The van der Waals surface area contributed by atoms with Gasteiger partial charge in [-0.25, -0.2) is 9.97 Å². The molecule has 0 saturated carbocycles. The van der Waals surface area contributed by atoms with Gasteiger partial charge in [0.15, 0.2) is 11.6 Å². The summed E-state index contributed by atoms with van der Waals surface area (Å²) in [4.78, 5) is 15.7. The SMILES string of the molecule is Cc1cccc(C)c1-c1cnc(N2CCN(C)CC2)c(NSc2ccccc2)n1. The molecule has 150 valence electrons. The molecule has 1 aliphatic rings. The van der Waals surface area contributed by atoms with Gasteiger partial charge in [-0.2, -0.15) is 0 Å². The number of anilines is 2. The molecule has 4 rings (SSSR count). The normalized spacial score (nSPS) is 14.8. The molecule has 1 fully saturated rings. The predicted octanol–water partition coefficient (Wildman–Crippen LogP) is 4.63. The maximum atomic E-state index is 5.02. The Morgan fingerprint density at radius 1 is 0.897 bits per heavy atom. The number of nitrogens with zero attached hydrogens (tertiary/aromatic N) is 4. The summed E-state index contributed by atoms with van der Waals surface area (Å²) in [5.74, 6) is 1.75. The van der Waals surface area contributed by atoms with Gasteiger partial charge in [-0.1, -0.05) is 36.4 Å². The van der Waals surface area contributed by atoms with E-state index in [2.05, 4.69) is 65.7 Å². The maximum Gasteiger partial charge on any atom is 0.180 e. The van der Waals surface area contributed by atoms with Gasteiger partial charge in [0.05, 0.1) is 11.9 Å². The molecule has 6 heteroatoms. The van der Waals surface area contributed by atoms with Gasteiger partial charge in [0, 0.05) is 36.6 Å². The molecule has 0 aliphatic carbocycles. The Morgan fingerprint density at radius 2 is 1.59 bits per heavy atom. The van der Waals surface area contributed by atoms with E-state index < -0.39 is 0 Å². The fourth-order valence-corrected chi connectivity index (χ4v) is 4.28. The lowest BCUT2D eigenvalue weighted by atomic mass is 10.0. The molecule has 1 aliphatic heterocycles. The molecule has 2 aromatic carbocycles. The second-order valence-corrected chi connectivity index (χ2v) is 8.38. The highest BCUT2D eigenvalue weighted by Crippen LogP contribution is 2.32. The second kappa shape index (κ2) is 8.84. The molecule has 29 heavy (non-hydrogen) atoms. The average Bonchev–Trinajstić information content (AvgIpc) is 2.74. The predicted molar refractivity (Wildman–Crippen MR) is 123 cm³/mol. The monoisotopic (exact) mass is 405 g/mol. The molecule has 0 atom stereocenters. The van der Waals surface area contributed by atoms with Crippen LogP contribution in [0.4, 0.5) is 11.6 Å². The van der Waals surface area contributed by atoms with Gasteiger partial charge >= 0.3 is 0 Å². The first kappa shape index (κ1) is 19.7. The first-order valence-corrected chi connectivity index (χ1v) is 10.8. The lowest BCUT2D eigenvalue weighted by Gasteiger charge is -2.34. The van der Waals surface area contributed by atoms with Crippen LogP contribution in [-0.4, -0.2) is 48.1 Å². The Hall–Kier alpha value is -2.57. The van der Waals surface area contributed by atoms with Gasteiger partial charge in [-0.15, -0.1) is 0 Å². The number of hydrogen-bond acceptors (Lipinski definition) is 6. The van der Waals surface area contributed by atoms with Crippen molar-refractivity contribution in [1.29, 1.82) is 0 Å². The highest BCUT2D eigenvalue weighted by molar-refractivity contribution is 8.00. The summed E-state index contributed by atoms with van der Waals surface area (Å²) >= 11 is 1.57. The fraction of sp³-hybridized carbons (Fsp3) is 0.304. The van der Waals surface area contributed by atoms with Gasteiger partial charge in [0.1, 0.15) is 0 Å². The third-order valence-electron chi connectivity index (χ3n) is 5.30. The van der Waals surface area contributed by atoms with E-state index in [0.29, 0.717) is 0 Å². The number of aromatic nitrogens is 2. The molecular formula is C23H27N5S. The molecule has 0 bridgehead atoms. The smallest absolute Gasteiger partial charge is 0.180 e. The van der Waals surface area contributed by atoms with Gasteiger partial charge in [-0.05, 0) is 56.1 Å². The van der Waals surface area contributed by atoms with Gasteiger partial charge in [0.2, 0.25) is 0 Å². The van der Waals surface area contributed by atoms with Crippen LogP contribution in [0.2, 0.25) is 0 Å². The summed E-state index contributed by atoms with van der Waals surface area (Å²) in [7, 11) is 2.16. The zero-order valence-electron chi connectivity index (χ0n) is 17.2. The van der Waals surface area contributed by atoms with E-state index in [0.717, 1.165) is 54.0 Å². The molecule has 1 aromatic heterocycles. The molecule has 2 heterocycles. The molecule has 5 nitrogen and oxygen atoms in total. The Labute approximate surface area is 177 Å². The van der Waals surface area contributed by atoms with Crippen LogP contribution in [-0.2, 0) is 0 Å². The molecule has 0 unspecified atom stereocenters. The Kier molecular flexibility index (Phi) is 6.02. The first-order chi connectivity index (χ1) is 14.1. The number of benzene rings is 2. The lowest BCUT2D eigenvalue weighted by Crippen LogP contribution is -2.45. The standard InChI is InChI=1S/C23H27N5S/c1-17-8-7-9-18(2)21(17)20-16-24-23(28-14-12-27(3)13-15-28)22(25-20)26-29-19-10-5-4-6-11-19/h4-11,16H,12-15H2,1-3H3,(H,25,26).